The normalized spacial score (nSPS) is 23.1. The van der Waals surface area contributed by atoms with Gasteiger partial charge < -0.3 is 10.2 Å². The Bertz CT molecular complexity index is 1070. The Hall–Kier alpha value is -2.05. The van der Waals surface area contributed by atoms with Crippen molar-refractivity contribution in [3.8, 4) is 0 Å². The van der Waals surface area contributed by atoms with E-state index in [1.54, 1.807) is 0 Å². The molecule has 156 valence electrons. The van der Waals surface area contributed by atoms with Crippen LogP contribution in [0.1, 0.15) is 49.8 Å². The molecule has 0 radical (unpaired) electrons. The molecule has 0 spiro atoms. The van der Waals surface area contributed by atoms with E-state index in [-0.39, 0.29) is 11.4 Å². The number of hydrogen-bond donors (Lipinski definition) is 1. The van der Waals surface area contributed by atoms with Crippen molar-refractivity contribution in [2.75, 3.05) is 11.9 Å². The van der Waals surface area contributed by atoms with Crippen LogP contribution >= 0.6 is 27.7 Å². The fourth-order valence-electron chi connectivity index (χ4n) is 4.14. The Morgan fingerprint density at radius 2 is 1.97 bits per heavy atom. The number of benzene rings is 2. The van der Waals surface area contributed by atoms with Crippen LogP contribution < -0.4 is 10.2 Å². The predicted molar refractivity (Wildman–Crippen MR) is 132 cm³/mol. The summed E-state index contributed by atoms with van der Waals surface area (Å²) >= 11 is 4.81. The third-order valence-electron chi connectivity index (χ3n) is 6.02. The van der Waals surface area contributed by atoms with Crippen molar-refractivity contribution in [2.45, 2.75) is 45.6 Å². The highest BCUT2D eigenvalue weighted by Gasteiger charge is 2.34. The van der Waals surface area contributed by atoms with Crippen LogP contribution in [0.2, 0.25) is 0 Å². The third kappa shape index (κ3) is 4.08. The molecule has 1 N–H and O–H groups in total. The second-order valence-corrected chi connectivity index (χ2v) is 10.6. The molecular formula is C24H26BrN3OS. The minimum absolute atomic E-state index is 0.0979. The number of rotatable bonds is 2. The van der Waals surface area contributed by atoms with E-state index in [1.165, 1.54) is 28.6 Å². The van der Waals surface area contributed by atoms with E-state index in [4.69, 9.17) is 0 Å². The van der Waals surface area contributed by atoms with Crippen LogP contribution in [-0.2, 0) is 4.79 Å². The minimum atomic E-state index is -0.0979. The summed E-state index contributed by atoms with van der Waals surface area (Å²) in [5.74, 6) is 0.378. The maximum absolute atomic E-state index is 12.5. The van der Waals surface area contributed by atoms with Crippen molar-refractivity contribution in [1.29, 1.82) is 0 Å². The largest absolute Gasteiger partial charge is 0.369 e. The van der Waals surface area contributed by atoms with Crippen LogP contribution in [0.3, 0.4) is 0 Å². The number of amides is 1. The van der Waals surface area contributed by atoms with E-state index >= 15 is 0 Å². The maximum Gasteiger partial charge on any atom is 0.264 e. The first-order chi connectivity index (χ1) is 14.1. The zero-order chi connectivity index (χ0) is 21.6. The fraction of sp³-hybridized carbons (Fsp3) is 0.333. The van der Waals surface area contributed by atoms with E-state index in [1.807, 2.05) is 30.3 Å². The van der Waals surface area contributed by atoms with E-state index < -0.39 is 0 Å². The van der Waals surface area contributed by atoms with Crippen molar-refractivity contribution in [2.24, 2.45) is 4.99 Å². The first kappa shape index (κ1) is 21.2. The predicted octanol–water partition coefficient (Wildman–Crippen LogP) is 6.37. The highest BCUT2D eigenvalue weighted by molar-refractivity contribution is 9.10. The van der Waals surface area contributed by atoms with Gasteiger partial charge in [0.2, 0.25) is 0 Å². The minimum Gasteiger partial charge on any atom is -0.369 e. The van der Waals surface area contributed by atoms with Gasteiger partial charge in [-0.2, -0.15) is 0 Å². The SMILES string of the molecule is Cc1cc2c(cc1/C=C1\SC(=Nc3ccc(Br)cc3)NC1=O)[C@H](C)CC(C)(C)N2C. The molecule has 0 saturated carbocycles. The van der Waals surface area contributed by atoms with Gasteiger partial charge in [-0.15, -0.1) is 0 Å². The summed E-state index contributed by atoms with van der Waals surface area (Å²) in [7, 11) is 2.17. The maximum atomic E-state index is 12.5. The molecule has 1 atom stereocenters. The summed E-state index contributed by atoms with van der Waals surface area (Å²) < 4.78 is 1.00. The number of nitrogens with one attached hydrogen (secondary N) is 1. The first-order valence-corrected chi connectivity index (χ1v) is 11.7. The molecule has 1 fully saturated rings. The summed E-state index contributed by atoms with van der Waals surface area (Å²) in [6.45, 7) is 8.99. The Morgan fingerprint density at radius 3 is 2.67 bits per heavy atom. The number of fused-ring (bicyclic) bond motifs is 1. The Balaban J connectivity index is 1.64. The van der Waals surface area contributed by atoms with Crippen molar-refractivity contribution in [3.63, 3.8) is 0 Å². The molecular weight excluding hydrogens is 458 g/mol. The molecule has 0 bridgehead atoms. The van der Waals surface area contributed by atoms with E-state index in [0.29, 0.717) is 16.0 Å². The number of aliphatic imine (C=N–C) groups is 1. The monoisotopic (exact) mass is 483 g/mol. The summed E-state index contributed by atoms with van der Waals surface area (Å²) in [5, 5.41) is 3.49. The molecule has 2 aliphatic rings. The second-order valence-electron chi connectivity index (χ2n) is 8.70. The lowest BCUT2D eigenvalue weighted by Gasteiger charge is -2.45. The van der Waals surface area contributed by atoms with Crippen LogP contribution in [0.5, 0.6) is 0 Å². The Kier molecular flexibility index (Phi) is 5.58. The third-order valence-corrected chi connectivity index (χ3v) is 7.45. The van der Waals surface area contributed by atoms with E-state index in [0.717, 1.165) is 22.1 Å². The number of hydrogen-bond acceptors (Lipinski definition) is 4. The molecule has 0 unspecified atom stereocenters. The molecule has 30 heavy (non-hydrogen) atoms. The highest BCUT2D eigenvalue weighted by Crippen LogP contribution is 2.44. The number of halogens is 1. The van der Waals surface area contributed by atoms with Gasteiger partial charge in [0, 0.05) is 22.7 Å². The summed E-state index contributed by atoms with van der Waals surface area (Å²) in [4.78, 5) is 20.1. The molecule has 2 aliphatic heterocycles. The van der Waals surface area contributed by atoms with Crippen molar-refractivity contribution >= 4 is 56.2 Å². The summed E-state index contributed by atoms with van der Waals surface area (Å²) in [6, 6.07) is 12.2. The number of thioether (sulfide) groups is 1. The number of carbonyl (C=O) groups excluding carboxylic acids is 1. The Labute approximate surface area is 191 Å². The quantitative estimate of drug-likeness (QED) is 0.504. The van der Waals surface area contributed by atoms with Crippen LogP contribution in [0.15, 0.2) is 50.8 Å². The second kappa shape index (κ2) is 7.89. The molecule has 2 aromatic carbocycles. The van der Waals surface area contributed by atoms with Gasteiger partial charge in [-0.25, -0.2) is 4.99 Å². The van der Waals surface area contributed by atoms with Crippen molar-refractivity contribution in [3.05, 3.63) is 62.5 Å². The molecule has 1 saturated heterocycles. The molecule has 2 aromatic rings. The van der Waals surface area contributed by atoms with Gasteiger partial charge >= 0.3 is 0 Å². The lowest BCUT2D eigenvalue weighted by atomic mass is 9.79. The van der Waals surface area contributed by atoms with Crippen molar-refractivity contribution in [1.82, 2.24) is 5.32 Å². The number of amidine groups is 1. The van der Waals surface area contributed by atoms with Crippen molar-refractivity contribution < 1.29 is 4.79 Å². The number of aryl methyl sites for hydroxylation is 1. The topological polar surface area (TPSA) is 44.7 Å². The fourth-order valence-corrected chi connectivity index (χ4v) is 5.24. The average molecular weight is 484 g/mol. The van der Waals surface area contributed by atoms with Gasteiger partial charge in [0.05, 0.1) is 10.6 Å². The summed E-state index contributed by atoms with van der Waals surface area (Å²) in [5.41, 5.74) is 5.85. The number of carbonyl (C=O) groups is 1. The molecule has 6 heteroatoms. The first-order valence-electron chi connectivity index (χ1n) is 10.1. The molecule has 4 nitrogen and oxygen atoms in total. The van der Waals surface area contributed by atoms with Crippen LogP contribution in [0, 0.1) is 6.92 Å². The van der Waals surface area contributed by atoms with Crippen LogP contribution in [0.4, 0.5) is 11.4 Å². The van der Waals surface area contributed by atoms with Gasteiger partial charge in [-0.1, -0.05) is 22.9 Å². The highest BCUT2D eigenvalue weighted by atomic mass is 79.9. The van der Waals surface area contributed by atoms with Crippen LogP contribution in [0.25, 0.3) is 6.08 Å². The lowest BCUT2D eigenvalue weighted by molar-refractivity contribution is -0.115. The number of anilines is 1. The molecule has 1 amide bonds. The molecule has 2 heterocycles. The van der Waals surface area contributed by atoms with Gasteiger partial charge in [0.15, 0.2) is 5.17 Å². The Morgan fingerprint density at radius 1 is 1.27 bits per heavy atom. The molecule has 0 aliphatic carbocycles. The zero-order valence-electron chi connectivity index (χ0n) is 17.9. The van der Waals surface area contributed by atoms with Gasteiger partial charge in [0.25, 0.3) is 5.91 Å². The lowest BCUT2D eigenvalue weighted by Crippen LogP contribution is -2.45. The van der Waals surface area contributed by atoms with Gasteiger partial charge in [0.1, 0.15) is 0 Å². The van der Waals surface area contributed by atoms with Gasteiger partial charge in [-0.3, -0.25) is 4.79 Å². The van der Waals surface area contributed by atoms with Crippen LogP contribution in [-0.4, -0.2) is 23.7 Å². The van der Waals surface area contributed by atoms with E-state index in [9.17, 15) is 4.79 Å². The zero-order valence-corrected chi connectivity index (χ0v) is 20.3. The smallest absolute Gasteiger partial charge is 0.264 e. The number of nitrogens with zero attached hydrogens (tertiary/aromatic N) is 2. The standard InChI is InChI=1S/C24H26BrN3OS/c1-14-10-20-19(15(2)13-24(3,4)28(20)5)11-16(14)12-21-22(29)27-23(30-21)26-18-8-6-17(25)7-9-18/h6-12,15H,13H2,1-5H3,(H,26,27,29)/b21-12-/t15-/m1/s1. The van der Waals surface area contributed by atoms with E-state index in [2.05, 4.69) is 78.0 Å². The summed E-state index contributed by atoms with van der Waals surface area (Å²) in [6.07, 6.45) is 3.10. The average Bonchev–Trinajstić information content (AvgIpc) is 3.01. The molecule has 4 rings (SSSR count). The van der Waals surface area contributed by atoms with Gasteiger partial charge in [-0.05, 0) is 104 Å². The molecule has 0 aromatic heterocycles.